The maximum atomic E-state index is 15.2. The van der Waals surface area contributed by atoms with Crippen LogP contribution in [0.25, 0.3) is 0 Å². The highest BCUT2D eigenvalue weighted by Gasteiger charge is 2.46. The van der Waals surface area contributed by atoms with Gasteiger partial charge in [-0.2, -0.15) is 0 Å². The van der Waals surface area contributed by atoms with Crippen molar-refractivity contribution in [2.24, 2.45) is 5.92 Å². The highest BCUT2D eigenvalue weighted by Crippen LogP contribution is 2.47. The van der Waals surface area contributed by atoms with Crippen LogP contribution in [0.15, 0.2) is 65.5 Å². The molecule has 1 saturated carbocycles. The minimum atomic E-state index is -0.765. The summed E-state index contributed by atoms with van der Waals surface area (Å²) < 4.78 is 32.0. The van der Waals surface area contributed by atoms with Crippen molar-refractivity contribution in [3.63, 3.8) is 0 Å². The summed E-state index contributed by atoms with van der Waals surface area (Å²) in [5, 5.41) is 3.33. The number of ether oxygens (including phenoxy) is 3. The van der Waals surface area contributed by atoms with Crippen molar-refractivity contribution in [2.75, 3.05) is 14.2 Å². The van der Waals surface area contributed by atoms with E-state index >= 15 is 4.39 Å². The van der Waals surface area contributed by atoms with E-state index in [0.29, 0.717) is 34.0 Å². The maximum absolute atomic E-state index is 15.2. The Hall–Kier alpha value is -3.61. The summed E-state index contributed by atoms with van der Waals surface area (Å²) in [6.45, 7) is 1.80. The second kappa shape index (κ2) is 11.0. The maximum Gasteiger partial charge on any atom is 0.336 e. The van der Waals surface area contributed by atoms with Gasteiger partial charge in [0.1, 0.15) is 17.7 Å². The Morgan fingerprint density at radius 1 is 0.974 bits per heavy atom. The van der Waals surface area contributed by atoms with E-state index in [1.54, 1.807) is 39.3 Å². The summed E-state index contributed by atoms with van der Waals surface area (Å²) in [6, 6.07) is 12.0. The first-order valence-corrected chi connectivity index (χ1v) is 13.3. The molecule has 0 bridgehead atoms. The number of Topliss-reactive ketones (excluding diaryl/α,β-unsaturated/α-hetero) is 1. The van der Waals surface area contributed by atoms with Gasteiger partial charge in [-0.3, -0.25) is 4.79 Å². The smallest absolute Gasteiger partial charge is 0.336 e. The van der Waals surface area contributed by atoms with E-state index in [1.807, 2.05) is 24.3 Å². The van der Waals surface area contributed by atoms with Crippen molar-refractivity contribution >= 4 is 11.8 Å². The fourth-order valence-electron chi connectivity index (χ4n) is 6.10. The lowest BCUT2D eigenvalue weighted by Gasteiger charge is -2.40. The number of allylic oxidation sites excluding steroid dienone is 3. The zero-order valence-corrected chi connectivity index (χ0v) is 22.1. The lowest BCUT2D eigenvalue weighted by atomic mass is 9.68. The number of methoxy groups -OCH3 is 2. The number of carbonyl (C=O) groups is 2. The quantitative estimate of drug-likeness (QED) is 0.477. The molecular weight excluding hydrogens is 485 g/mol. The molecule has 0 spiro atoms. The van der Waals surface area contributed by atoms with Crippen LogP contribution in [0.2, 0.25) is 0 Å². The third-order valence-electron chi connectivity index (χ3n) is 7.99. The normalized spacial score (nSPS) is 23.7. The Labute approximate surface area is 222 Å². The number of fused-ring (bicyclic) bond motifs is 1. The van der Waals surface area contributed by atoms with Crippen molar-refractivity contribution < 1.29 is 28.2 Å². The van der Waals surface area contributed by atoms with Gasteiger partial charge in [-0.25, -0.2) is 9.18 Å². The summed E-state index contributed by atoms with van der Waals surface area (Å²) in [5.74, 6) is -1.45. The first-order valence-electron chi connectivity index (χ1n) is 13.3. The van der Waals surface area contributed by atoms with Crippen molar-refractivity contribution in [3.05, 3.63) is 82.5 Å². The molecule has 0 aromatic heterocycles. The second-order valence-corrected chi connectivity index (χ2v) is 10.3. The van der Waals surface area contributed by atoms with E-state index in [4.69, 9.17) is 14.2 Å². The molecule has 0 saturated heterocycles. The molecule has 3 atom stereocenters. The summed E-state index contributed by atoms with van der Waals surface area (Å²) in [6.07, 6.45) is 6.95. The zero-order chi connectivity index (χ0) is 26.8. The van der Waals surface area contributed by atoms with Gasteiger partial charge in [0.15, 0.2) is 11.5 Å². The van der Waals surface area contributed by atoms with Crippen LogP contribution in [0.5, 0.6) is 11.5 Å². The summed E-state index contributed by atoms with van der Waals surface area (Å²) in [5.41, 5.74) is 2.84. The molecule has 6 nitrogen and oxygen atoms in total. The standard InChI is InChI=1S/C31H34FNO5/c1-18-28(31(35)38-21-9-5-4-6-10-21)29(22-11-7-8-12-23(22)32)30-24(33-18)15-20(16-25(30)34)19-13-14-26(36-2)27(17-19)37-3/h7-8,11-15,17,20-21,29-30,33H,4-6,9-10,16H2,1-3H3. The van der Waals surface area contributed by atoms with Gasteiger partial charge < -0.3 is 19.5 Å². The van der Waals surface area contributed by atoms with Crippen molar-refractivity contribution in [3.8, 4) is 11.5 Å². The predicted octanol–water partition coefficient (Wildman–Crippen LogP) is 5.94. The third kappa shape index (κ3) is 4.94. The van der Waals surface area contributed by atoms with E-state index in [0.717, 1.165) is 37.7 Å². The molecule has 1 fully saturated rings. The monoisotopic (exact) mass is 519 g/mol. The van der Waals surface area contributed by atoms with Gasteiger partial charge in [0.2, 0.25) is 0 Å². The largest absolute Gasteiger partial charge is 0.493 e. The number of rotatable bonds is 6. The molecule has 1 aliphatic heterocycles. The molecule has 2 aromatic rings. The van der Waals surface area contributed by atoms with E-state index in [-0.39, 0.29) is 24.2 Å². The molecule has 5 rings (SSSR count). The van der Waals surface area contributed by atoms with Gasteiger partial charge in [0, 0.05) is 29.7 Å². The minimum Gasteiger partial charge on any atom is -0.493 e. The number of esters is 1. The fraction of sp³-hybridized carbons (Fsp3) is 0.419. The number of carbonyl (C=O) groups excluding carboxylic acids is 2. The molecule has 1 N–H and O–H groups in total. The first kappa shape index (κ1) is 26.0. The van der Waals surface area contributed by atoms with Crippen molar-refractivity contribution in [2.45, 2.75) is 63.4 Å². The number of hydrogen-bond donors (Lipinski definition) is 1. The number of halogens is 1. The van der Waals surface area contributed by atoms with Crippen LogP contribution in [0.3, 0.4) is 0 Å². The van der Waals surface area contributed by atoms with Crippen molar-refractivity contribution in [1.82, 2.24) is 5.32 Å². The molecular formula is C31H34FNO5. The number of hydrogen-bond acceptors (Lipinski definition) is 6. The van der Waals surface area contributed by atoms with E-state index in [2.05, 4.69) is 5.32 Å². The summed E-state index contributed by atoms with van der Waals surface area (Å²) >= 11 is 0. The Bertz CT molecular complexity index is 1290. The van der Waals surface area contributed by atoms with Crippen LogP contribution in [-0.2, 0) is 14.3 Å². The fourth-order valence-corrected chi connectivity index (χ4v) is 6.10. The average molecular weight is 520 g/mol. The molecule has 2 aromatic carbocycles. The van der Waals surface area contributed by atoms with Gasteiger partial charge in [-0.15, -0.1) is 0 Å². The molecule has 200 valence electrons. The highest BCUT2D eigenvalue weighted by atomic mass is 19.1. The SMILES string of the molecule is COc1ccc(C2C=C3NC(C)=C(C(=O)OC4CCCCC4)C(c4ccccc4F)C3C(=O)C2)cc1OC. The van der Waals surface area contributed by atoms with Crippen LogP contribution in [-0.4, -0.2) is 32.1 Å². The van der Waals surface area contributed by atoms with E-state index < -0.39 is 23.6 Å². The molecule has 38 heavy (non-hydrogen) atoms. The highest BCUT2D eigenvalue weighted by molar-refractivity contribution is 5.96. The third-order valence-corrected chi connectivity index (χ3v) is 7.99. The summed E-state index contributed by atoms with van der Waals surface area (Å²) in [4.78, 5) is 27.4. The Balaban J connectivity index is 1.55. The topological polar surface area (TPSA) is 73.9 Å². The van der Waals surface area contributed by atoms with Gasteiger partial charge in [-0.05, 0) is 61.9 Å². The van der Waals surface area contributed by atoms with Crippen LogP contribution < -0.4 is 14.8 Å². The van der Waals surface area contributed by atoms with Crippen molar-refractivity contribution in [1.29, 1.82) is 0 Å². The molecule has 2 aliphatic carbocycles. The summed E-state index contributed by atoms with van der Waals surface area (Å²) in [7, 11) is 3.15. The van der Waals surface area contributed by atoms with Gasteiger partial charge in [-0.1, -0.05) is 36.8 Å². The Morgan fingerprint density at radius 3 is 2.42 bits per heavy atom. The van der Waals surface area contributed by atoms with Crippen LogP contribution in [0, 0.1) is 11.7 Å². The van der Waals surface area contributed by atoms with Crippen LogP contribution in [0.1, 0.15) is 68.4 Å². The molecule has 3 aliphatic rings. The van der Waals surface area contributed by atoms with E-state index in [9.17, 15) is 9.59 Å². The average Bonchev–Trinajstić information content (AvgIpc) is 2.92. The molecule has 3 unspecified atom stereocenters. The second-order valence-electron chi connectivity index (χ2n) is 10.3. The van der Waals surface area contributed by atoms with Gasteiger partial charge in [0.05, 0.1) is 25.7 Å². The Kier molecular flexibility index (Phi) is 7.54. The van der Waals surface area contributed by atoms with E-state index in [1.165, 1.54) is 6.07 Å². The number of nitrogens with one attached hydrogen (secondary N) is 1. The lowest BCUT2D eigenvalue weighted by molar-refractivity contribution is -0.146. The van der Waals surface area contributed by atoms with Crippen LogP contribution in [0.4, 0.5) is 4.39 Å². The minimum absolute atomic E-state index is 0.0569. The zero-order valence-electron chi connectivity index (χ0n) is 22.1. The molecule has 7 heteroatoms. The number of ketones is 1. The number of benzene rings is 2. The molecule has 0 radical (unpaired) electrons. The Morgan fingerprint density at radius 2 is 1.71 bits per heavy atom. The molecule has 1 heterocycles. The molecule has 0 amide bonds. The lowest BCUT2D eigenvalue weighted by Crippen LogP contribution is -2.42. The van der Waals surface area contributed by atoms with Crippen LogP contribution >= 0.6 is 0 Å². The van der Waals surface area contributed by atoms with Gasteiger partial charge >= 0.3 is 5.97 Å². The van der Waals surface area contributed by atoms with Gasteiger partial charge in [0.25, 0.3) is 0 Å². The predicted molar refractivity (Wildman–Crippen MR) is 141 cm³/mol. The first-order chi connectivity index (χ1) is 18.4.